The lowest BCUT2D eigenvalue weighted by Gasteiger charge is -2.18. The molecule has 0 saturated heterocycles. The maximum Gasteiger partial charge on any atom is 0.294 e. The Labute approximate surface area is 142 Å². The average molecular weight is 345 g/mol. The van der Waals surface area contributed by atoms with Crippen molar-refractivity contribution in [2.75, 3.05) is 18.9 Å². The highest BCUT2D eigenvalue weighted by molar-refractivity contribution is 7.85. The van der Waals surface area contributed by atoms with E-state index in [0.29, 0.717) is 6.54 Å². The number of benzene rings is 2. The minimum atomic E-state index is -4.21. The highest BCUT2D eigenvalue weighted by Crippen LogP contribution is 2.40. The quantitative estimate of drug-likeness (QED) is 0.660. The number of hydrogen-bond donors (Lipinski definition) is 2. The molecule has 0 radical (unpaired) electrons. The lowest BCUT2D eigenvalue weighted by atomic mass is 9.81. The fourth-order valence-corrected chi connectivity index (χ4v) is 3.78. The van der Waals surface area contributed by atoms with E-state index in [-0.39, 0.29) is 10.3 Å². The molecule has 0 atom stereocenters. The standard InChI is InChI=1S/C18H20N2O3S/c1-18(2)15-11-14(24(21,22)23)9-10-16(15)20(3)17(18)12-19-13-7-5-4-6-8-13/h4-11,19H,12H2,1-3H3/p+1. The van der Waals surface area contributed by atoms with Gasteiger partial charge in [0.15, 0.2) is 5.71 Å². The van der Waals surface area contributed by atoms with Gasteiger partial charge in [0.2, 0.25) is 5.69 Å². The Kier molecular flexibility index (Phi) is 3.97. The number of fused-ring (bicyclic) bond motifs is 1. The molecule has 2 aromatic rings. The predicted molar refractivity (Wildman–Crippen MR) is 95.1 cm³/mol. The molecule has 0 aromatic heterocycles. The summed E-state index contributed by atoms with van der Waals surface area (Å²) < 4.78 is 34.3. The van der Waals surface area contributed by atoms with Crippen LogP contribution in [0.3, 0.4) is 0 Å². The number of nitrogens with one attached hydrogen (secondary N) is 1. The van der Waals surface area contributed by atoms with E-state index >= 15 is 0 Å². The predicted octanol–water partition coefficient (Wildman–Crippen LogP) is 3.05. The molecule has 2 N–H and O–H groups in total. The molecular weight excluding hydrogens is 324 g/mol. The Balaban J connectivity index is 1.96. The van der Waals surface area contributed by atoms with Gasteiger partial charge in [0.05, 0.1) is 16.9 Å². The fourth-order valence-electron chi connectivity index (χ4n) is 3.27. The molecule has 0 spiro atoms. The van der Waals surface area contributed by atoms with Crippen molar-refractivity contribution < 1.29 is 17.5 Å². The van der Waals surface area contributed by atoms with Crippen LogP contribution in [-0.4, -0.2) is 36.9 Å². The van der Waals surface area contributed by atoms with Crippen molar-refractivity contribution in [3.8, 4) is 0 Å². The van der Waals surface area contributed by atoms with E-state index in [4.69, 9.17) is 0 Å². The van der Waals surface area contributed by atoms with Gasteiger partial charge in [-0.25, -0.2) is 0 Å². The minimum Gasteiger partial charge on any atom is -0.376 e. The van der Waals surface area contributed by atoms with E-state index in [1.807, 2.05) is 37.4 Å². The minimum absolute atomic E-state index is 0.0695. The van der Waals surface area contributed by atoms with Crippen molar-refractivity contribution in [1.82, 2.24) is 0 Å². The molecule has 5 nitrogen and oxygen atoms in total. The molecule has 24 heavy (non-hydrogen) atoms. The summed E-state index contributed by atoms with van der Waals surface area (Å²) >= 11 is 0. The smallest absolute Gasteiger partial charge is 0.294 e. The van der Waals surface area contributed by atoms with Crippen LogP contribution < -0.4 is 5.32 Å². The second kappa shape index (κ2) is 5.72. The zero-order valence-electron chi connectivity index (χ0n) is 13.9. The van der Waals surface area contributed by atoms with E-state index in [9.17, 15) is 13.0 Å². The van der Waals surface area contributed by atoms with Crippen LogP contribution in [0.5, 0.6) is 0 Å². The normalized spacial score (nSPS) is 16.2. The number of hydrogen-bond acceptors (Lipinski definition) is 3. The summed E-state index contributed by atoms with van der Waals surface area (Å²) in [6, 6.07) is 14.7. The molecule has 0 saturated carbocycles. The van der Waals surface area contributed by atoms with Crippen LogP contribution in [-0.2, 0) is 15.5 Å². The van der Waals surface area contributed by atoms with Crippen molar-refractivity contribution in [3.63, 3.8) is 0 Å². The molecule has 3 rings (SSSR count). The Morgan fingerprint density at radius 1 is 1.12 bits per heavy atom. The maximum atomic E-state index is 11.4. The van der Waals surface area contributed by atoms with E-state index in [1.54, 1.807) is 12.1 Å². The van der Waals surface area contributed by atoms with Gasteiger partial charge in [-0.15, -0.1) is 0 Å². The van der Waals surface area contributed by atoms with Gasteiger partial charge in [0, 0.05) is 17.3 Å². The van der Waals surface area contributed by atoms with Crippen molar-refractivity contribution in [1.29, 1.82) is 0 Å². The van der Waals surface area contributed by atoms with Crippen LogP contribution in [0.15, 0.2) is 53.4 Å². The highest BCUT2D eigenvalue weighted by atomic mass is 32.2. The molecule has 1 heterocycles. The zero-order valence-corrected chi connectivity index (χ0v) is 14.8. The first-order valence-corrected chi connectivity index (χ1v) is 9.16. The van der Waals surface area contributed by atoms with Gasteiger partial charge >= 0.3 is 0 Å². The number of nitrogens with zero attached hydrogens (tertiary/aromatic N) is 1. The molecule has 0 aliphatic carbocycles. The Hall–Kier alpha value is -2.18. The third-order valence-electron chi connectivity index (χ3n) is 4.66. The maximum absolute atomic E-state index is 11.4. The van der Waals surface area contributed by atoms with Crippen LogP contribution in [0.25, 0.3) is 0 Å². The van der Waals surface area contributed by atoms with E-state index in [2.05, 4.69) is 23.7 Å². The zero-order chi connectivity index (χ0) is 17.5. The summed E-state index contributed by atoms with van der Waals surface area (Å²) in [5, 5.41) is 3.41. The van der Waals surface area contributed by atoms with Gasteiger partial charge in [-0.05, 0) is 38.1 Å². The van der Waals surface area contributed by atoms with E-state index < -0.39 is 10.1 Å². The first kappa shape index (κ1) is 16.7. The third kappa shape index (κ3) is 2.83. The monoisotopic (exact) mass is 345 g/mol. The largest absolute Gasteiger partial charge is 0.376 e. The van der Waals surface area contributed by atoms with Gasteiger partial charge in [-0.2, -0.15) is 13.0 Å². The Bertz CT molecular complexity index is 917. The summed E-state index contributed by atoms with van der Waals surface area (Å²) in [7, 11) is -2.23. The molecule has 126 valence electrons. The summed E-state index contributed by atoms with van der Waals surface area (Å²) in [5.74, 6) is 0. The summed E-state index contributed by atoms with van der Waals surface area (Å²) in [6.07, 6.45) is 0. The van der Waals surface area contributed by atoms with Gasteiger partial charge in [-0.1, -0.05) is 18.2 Å². The second-order valence-corrected chi connectivity index (χ2v) is 7.93. The van der Waals surface area contributed by atoms with Crippen molar-refractivity contribution >= 4 is 27.2 Å². The van der Waals surface area contributed by atoms with Gasteiger partial charge in [-0.3, -0.25) is 4.55 Å². The molecule has 2 aromatic carbocycles. The van der Waals surface area contributed by atoms with Crippen molar-refractivity contribution in [2.45, 2.75) is 24.2 Å². The summed E-state index contributed by atoms with van der Waals surface area (Å²) in [6.45, 7) is 4.76. The number of anilines is 1. The topological polar surface area (TPSA) is 69.4 Å². The molecule has 0 amide bonds. The van der Waals surface area contributed by atoms with Crippen LogP contribution >= 0.6 is 0 Å². The van der Waals surface area contributed by atoms with Crippen LogP contribution in [0.2, 0.25) is 0 Å². The number of para-hydroxylation sites is 1. The second-order valence-electron chi connectivity index (χ2n) is 6.50. The van der Waals surface area contributed by atoms with Gasteiger partial charge in [0.1, 0.15) is 7.05 Å². The molecule has 0 bridgehead atoms. The van der Waals surface area contributed by atoms with Crippen molar-refractivity contribution in [3.05, 3.63) is 54.1 Å². The lowest BCUT2D eigenvalue weighted by Crippen LogP contribution is -2.34. The van der Waals surface area contributed by atoms with E-state index in [0.717, 1.165) is 22.6 Å². The van der Waals surface area contributed by atoms with Crippen LogP contribution in [0, 0.1) is 0 Å². The molecule has 1 aliphatic heterocycles. The first-order chi connectivity index (χ1) is 11.2. The highest BCUT2D eigenvalue weighted by Gasteiger charge is 2.44. The fraction of sp³-hybridized carbons (Fsp3) is 0.278. The molecule has 1 aliphatic rings. The molecule has 6 heteroatoms. The Morgan fingerprint density at radius 3 is 2.42 bits per heavy atom. The summed E-state index contributed by atoms with van der Waals surface area (Å²) in [5.41, 5.74) is 3.67. The van der Waals surface area contributed by atoms with Crippen LogP contribution in [0.1, 0.15) is 19.4 Å². The summed E-state index contributed by atoms with van der Waals surface area (Å²) in [4.78, 5) is -0.0695. The van der Waals surface area contributed by atoms with E-state index in [1.165, 1.54) is 6.07 Å². The third-order valence-corrected chi connectivity index (χ3v) is 5.51. The SMILES string of the molecule is C[N+]1=C(CNc2ccccc2)C(C)(C)c2cc(S(=O)(=O)O)ccc21. The Morgan fingerprint density at radius 2 is 1.79 bits per heavy atom. The lowest BCUT2D eigenvalue weighted by molar-refractivity contribution is -0.403. The number of rotatable bonds is 4. The first-order valence-electron chi connectivity index (χ1n) is 7.72. The molecule has 0 fully saturated rings. The van der Waals surface area contributed by atoms with Gasteiger partial charge < -0.3 is 5.32 Å². The molecule has 0 unspecified atom stereocenters. The molecular formula is C18H21N2O3S+. The van der Waals surface area contributed by atoms with Crippen LogP contribution in [0.4, 0.5) is 11.4 Å². The van der Waals surface area contributed by atoms with Crippen molar-refractivity contribution in [2.24, 2.45) is 0 Å². The van der Waals surface area contributed by atoms with Gasteiger partial charge in [0.25, 0.3) is 10.1 Å². The average Bonchev–Trinajstić information content (AvgIpc) is 2.72.